The Balaban J connectivity index is 1.71. The summed E-state index contributed by atoms with van der Waals surface area (Å²) in [5.41, 5.74) is 1.63. The number of nitrogens with one attached hydrogen (secondary N) is 2. The van der Waals surface area contributed by atoms with Gasteiger partial charge in [-0.15, -0.1) is 0 Å². The van der Waals surface area contributed by atoms with Gasteiger partial charge in [-0.1, -0.05) is 12.1 Å². The Labute approximate surface area is 142 Å². The smallest absolute Gasteiger partial charge is 0.253 e. The summed E-state index contributed by atoms with van der Waals surface area (Å²) in [7, 11) is 0. The lowest BCUT2D eigenvalue weighted by molar-refractivity contribution is -0.120. The van der Waals surface area contributed by atoms with Gasteiger partial charge in [0.25, 0.3) is 5.91 Å². The van der Waals surface area contributed by atoms with Crippen molar-refractivity contribution in [1.82, 2.24) is 15.5 Å². The second kappa shape index (κ2) is 7.77. The predicted octanol–water partition coefficient (Wildman–Crippen LogP) is 0.598. The van der Waals surface area contributed by atoms with Gasteiger partial charge in [-0.25, -0.2) is 0 Å². The highest BCUT2D eigenvalue weighted by molar-refractivity contribution is 5.94. The highest BCUT2D eigenvalue weighted by Gasteiger charge is 2.35. The Bertz CT molecular complexity index is 582. The fourth-order valence-electron chi connectivity index (χ4n) is 3.41. The molecule has 2 heterocycles. The van der Waals surface area contributed by atoms with Gasteiger partial charge in [-0.05, 0) is 24.6 Å². The van der Waals surface area contributed by atoms with Crippen LogP contribution in [0.25, 0.3) is 0 Å². The molecular formula is C18H25N3O3. The molecule has 2 saturated heterocycles. The van der Waals surface area contributed by atoms with E-state index in [0.717, 1.165) is 31.7 Å². The third kappa shape index (κ3) is 3.60. The number of rotatable bonds is 5. The van der Waals surface area contributed by atoms with Crippen molar-refractivity contribution >= 4 is 11.8 Å². The van der Waals surface area contributed by atoms with Crippen molar-refractivity contribution in [2.45, 2.75) is 12.8 Å². The molecule has 2 amide bonds. The highest BCUT2D eigenvalue weighted by Crippen LogP contribution is 2.29. The van der Waals surface area contributed by atoms with Crippen molar-refractivity contribution in [3.8, 4) is 0 Å². The van der Waals surface area contributed by atoms with Crippen LogP contribution in [0.3, 0.4) is 0 Å². The van der Waals surface area contributed by atoms with E-state index < -0.39 is 0 Å². The predicted molar refractivity (Wildman–Crippen MR) is 90.9 cm³/mol. The average Bonchev–Trinajstić information content (AvgIpc) is 3.00. The van der Waals surface area contributed by atoms with E-state index in [0.29, 0.717) is 25.3 Å². The zero-order valence-corrected chi connectivity index (χ0v) is 14.1. The molecule has 2 N–H and O–H groups in total. The van der Waals surface area contributed by atoms with E-state index in [1.54, 1.807) is 0 Å². The number of ether oxygens (including phenoxy) is 1. The molecule has 0 aromatic heterocycles. The molecule has 2 aliphatic heterocycles. The van der Waals surface area contributed by atoms with E-state index >= 15 is 0 Å². The van der Waals surface area contributed by atoms with E-state index in [-0.39, 0.29) is 23.7 Å². The molecule has 3 rings (SSSR count). The van der Waals surface area contributed by atoms with Gasteiger partial charge < -0.3 is 20.3 Å². The van der Waals surface area contributed by atoms with Gasteiger partial charge in [0.1, 0.15) is 0 Å². The first-order chi connectivity index (χ1) is 11.7. The van der Waals surface area contributed by atoms with Gasteiger partial charge in [-0.2, -0.15) is 0 Å². The molecule has 1 aromatic carbocycles. The first-order valence-corrected chi connectivity index (χ1v) is 8.66. The minimum Gasteiger partial charge on any atom is -0.381 e. The Morgan fingerprint density at radius 3 is 2.62 bits per heavy atom. The molecule has 2 atom stereocenters. The summed E-state index contributed by atoms with van der Waals surface area (Å²) in [6, 6.07) is 7.49. The molecule has 0 saturated carbocycles. The van der Waals surface area contributed by atoms with Crippen LogP contribution in [-0.2, 0) is 9.53 Å². The van der Waals surface area contributed by atoms with Crippen LogP contribution in [0.5, 0.6) is 0 Å². The lowest BCUT2D eigenvalue weighted by Crippen LogP contribution is -2.46. The van der Waals surface area contributed by atoms with Crippen LogP contribution in [0.4, 0.5) is 0 Å². The number of benzene rings is 1. The lowest BCUT2D eigenvalue weighted by Gasteiger charge is -2.27. The second-order valence-corrected chi connectivity index (χ2v) is 6.31. The third-order valence-corrected chi connectivity index (χ3v) is 4.75. The summed E-state index contributed by atoms with van der Waals surface area (Å²) >= 11 is 0. The number of hydrogen-bond acceptors (Lipinski definition) is 4. The number of hydrogen-bond donors (Lipinski definition) is 2. The average molecular weight is 331 g/mol. The van der Waals surface area contributed by atoms with E-state index in [2.05, 4.69) is 10.6 Å². The van der Waals surface area contributed by atoms with Crippen LogP contribution < -0.4 is 10.6 Å². The minimum atomic E-state index is -0.195. The highest BCUT2D eigenvalue weighted by atomic mass is 16.5. The normalized spacial score (nSPS) is 24.0. The summed E-state index contributed by atoms with van der Waals surface area (Å²) in [5, 5.41) is 6.16. The van der Waals surface area contributed by atoms with Gasteiger partial charge >= 0.3 is 0 Å². The van der Waals surface area contributed by atoms with Crippen molar-refractivity contribution in [2.75, 3.05) is 45.9 Å². The molecule has 0 spiro atoms. The van der Waals surface area contributed by atoms with Crippen molar-refractivity contribution in [1.29, 1.82) is 0 Å². The van der Waals surface area contributed by atoms with Crippen LogP contribution in [0.15, 0.2) is 24.3 Å². The molecule has 1 unspecified atom stereocenters. The number of carbonyl (C=O) groups excluding carboxylic acids is 2. The third-order valence-electron chi connectivity index (χ3n) is 4.75. The Kier molecular flexibility index (Phi) is 5.48. The molecule has 6 heteroatoms. The van der Waals surface area contributed by atoms with E-state index in [9.17, 15) is 9.59 Å². The van der Waals surface area contributed by atoms with Gasteiger partial charge in [0, 0.05) is 50.8 Å². The number of amides is 2. The van der Waals surface area contributed by atoms with Crippen molar-refractivity contribution in [2.24, 2.45) is 5.92 Å². The SMILES string of the molecule is CCOCC1CNC(=O)[C@H]1c1ccc(C(=O)N2CCNCC2)cc1. The van der Waals surface area contributed by atoms with Gasteiger partial charge in [0.05, 0.1) is 12.5 Å². The monoisotopic (exact) mass is 331 g/mol. The molecule has 2 fully saturated rings. The van der Waals surface area contributed by atoms with Crippen molar-refractivity contribution in [3.05, 3.63) is 35.4 Å². The molecule has 0 aliphatic carbocycles. The molecule has 2 aliphatic rings. The number of carbonyl (C=O) groups is 2. The van der Waals surface area contributed by atoms with Crippen molar-refractivity contribution in [3.63, 3.8) is 0 Å². The lowest BCUT2D eigenvalue weighted by atomic mass is 9.88. The largest absolute Gasteiger partial charge is 0.381 e. The van der Waals surface area contributed by atoms with E-state index in [1.807, 2.05) is 36.1 Å². The molecule has 0 radical (unpaired) electrons. The molecule has 1 aromatic rings. The van der Waals surface area contributed by atoms with Crippen LogP contribution in [0.2, 0.25) is 0 Å². The molecule has 24 heavy (non-hydrogen) atoms. The van der Waals surface area contributed by atoms with Crippen molar-refractivity contribution < 1.29 is 14.3 Å². The summed E-state index contributed by atoms with van der Waals surface area (Å²) in [6.07, 6.45) is 0. The van der Waals surface area contributed by atoms with Gasteiger partial charge in [0.15, 0.2) is 0 Å². The van der Waals surface area contributed by atoms with Crippen LogP contribution in [0.1, 0.15) is 28.8 Å². The summed E-state index contributed by atoms with van der Waals surface area (Å²) in [6.45, 7) is 6.97. The maximum atomic E-state index is 12.5. The first kappa shape index (κ1) is 16.9. The zero-order chi connectivity index (χ0) is 16.9. The fourth-order valence-corrected chi connectivity index (χ4v) is 3.41. The van der Waals surface area contributed by atoms with Crippen LogP contribution in [-0.4, -0.2) is 62.7 Å². The number of nitrogens with zero attached hydrogens (tertiary/aromatic N) is 1. The standard InChI is InChI=1S/C18H25N3O3/c1-2-24-12-15-11-20-17(22)16(15)13-3-5-14(6-4-13)18(23)21-9-7-19-8-10-21/h3-6,15-16,19H,2,7-12H2,1H3,(H,20,22)/t15?,16-/m0/s1. The van der Waals surface area contributed by atoms with Gasteiger partial charge in [0.2, 0.25) is 5.91 Å². The van der Waals surface area contributed by atoms with Crippen LogP contribution >= 0.6 is 0 Å². The Hall–Kier alpha value is -1.92. The molecule has 0 bridgehead atoms. The Morgan fingerprint density at radius 1 is 1.25 bits per heavy atom. The number of piperazine rings is 1. The quantitative estimate of drug-likeness (QED) is 0.829. The molecule has 6 nitrogen and oxygen atoms in total. The fraction of sp³-hybridized carbons (Fsp3) is 0.556. The summed E-state index contributed by atoms with van der Waals surface area (Å²) in [4.78, 5) is 26.5. The Morgan fingerprint density at radius 2 is 1.96 bits per heavy atom. The molecule has 130 valence electrons. The molecular weight excluding hydrogens is 306 g/mol. The summed E-state index contributed by atoms with van der Waals surface area (Å²) < 4.78 is 5.50. The first-order valence-electron chi connectivity index (χ1n) is 8.66. The maximum absolute atomic E-state index is 12.5. The van der Waals surface area contributed by atoms with E-state index in [4.69, 9.17) is 4.74 Å². The zero-order valence-electron chi connectivity index (χ0n) is 14.1. The topological polar surface area (TPSA) is 70.7 Å². The minimum absolute atomic E-state index is 0.0425. The second-order valence-electron chi connectivity index (χ2n) is 6.31. The maximum Gasteiger partial charge on any atom is 0.253 e. The summed E-state index contributed by atoms with van der Waals surface area (Å²) in [5.74, 6) is 0.0535. The van der Waals surface area contributed by atoms with Gasteiger partial charge in [-0.3, -0.25) is 9.59 Å². The van der Waals surface area contributed by atoms with E-state index in [1.165, 1.54) is 0 Å². The van der Waals surface area contributed by atoms with Crippen LogP contribution in [0, 0.1) is 5.92 Å².